The first-order chi connectivity index (χ1) is 7.26. The molecule has 2 aromatic rings. The normalized spacial score (nSPS) is 10.5. The molecule has 15 heavy (non-hydrogen) atoms. The van der Waals surface area contributed by atoms with Crippen LogP contribution in [-0.4, -0.2) is 16.4 Å². The molecule has 0 fully saturated rings. The standard InChI is InChI=1S/C11H12N4/c1-8-3-4-10-9(5-12)14-11(6-13-2)15(10)7-8/h3-4,7,13H,6H2,1-2H3. The zero-order chi connectivity index (χ0) is 10.8. The summed E-state index contributed by atoms with van der Waals surface area (Å²) in [5, 5.41) is 12.0. The lowest BCUT2D eigenvalue weighted by Gasteiger charge is -2.00. The molecule has 0 amide bonds. The number of nitrogens with zero attached hydrogens (tertiary/aromatic N) is 3. The average Bonchev–Trinajstić information content (AvgIpc) is 2.57. The third-order valence-electron chi connectivity index (χ3n) is 2.30. The van der Waals surface area contributed by atoms with E-state index in [9.17, 15) is 0 Å². The number of fused-ring (bicyclic) bond motifs is 1. The van der Waals surface area contributed by atoms with E-state index in [0.29, 0.717) is 12.2 Å². The van der Waals surface area contributed by atoms with Gasteiger partial charge in [0.05, 0.1) is 12.1 Å². The Hall–Kier alpha value is -1.86. The van der Waals surface area contributed by atoms with Crippen molar-refractivity contribution >= 4 is 5.52 Å². The van der Waals surface area contributed by atoms with Crippen molar-refractivity contribution in [1.82, 2.24) is 14.7 Å². The maximum absolute atomic E-state index is 8.94. The molecular weight excluding hydrogens is 188 g/mol. The van der Waals surface area contributed by atoms with Gasteiger partial charge in [-0.15, -0.1) is 0 Å². The summed E-state index contributed by atoms with van der Waals surface area (Å²) in [7, 11) is 1.86. The maximum Gasteiger partial charge on any atom is 0.166 e. The summed E-state index contributed by atoms with van der Waals surface area (Å²) in [5.41, 5.74) is 2.51. The third-order valence-corrected chi connectivity index (χ3v) is 2.30. The van der Waals surface area contributed by atoms with Crippen molar-refractivity contribution < 1.29 is 0 Å². The third kappa shape index (κ3) is 1.58. The van der Waals surface area contributed by atoms with E-state index in [2.05, 4.69) is 16.4 Å². The molecule has 0 atom stereocenters. The predicted molar refractivity (Wildman–Crippen MR) is 57.4 cm³/mol. The van der Waals surface area contributed by atoms with Crippen LogP contribution in [0, 0.1) is 18.3 Å². The van der Waals surface area contributed by atoms with Crippen LogP contribution in [0.1, 0.15) is 17.1 Å². The van der Waals surface area contributed by atoms with Gasteiger partial charge in [0.15, 0.2) is 5.69 Å². The van der Waals surface area contributed by atoms with Gasteiger partial charge in [0, 0.05) is 6.20 Å². The zero-order valence-corrected chi connectivity index (χ0v) is 8.78. The molecule has 0 aliphatic heterocycles. The summed E-state index contributed by atoms with van der Waals surface area (Å²) in [4.78, 5) is 4.28. The Morgan fingerprint density at radius 1 is 1.53 bits per heavy atom. The molecular formula is C11H12N4. The summed E-state index contributed by atoms with van der Waals surface area (Å²) in [5.74, 6) is 0.868. The molecule has 0 unspecified atom stereocenters. The van der Waals surface area contributed by atoms with Crippen LogP contribution >= 0.6 is 0 Å². The van der Waals surface area contributed by atoms with E-state index in [1.807, 2.05) is 36.7 Å². The summed E-state index contributed by atoms with van der Waals surface area (Å²) in [6, 6.07) is 6.03. The lowest BCUT2D eigenvalue weighted by molar-refractivity contribution is 0.754. The highest BCUT2D eigenvalue weighted by Crippen LogP contribution is 2.13. The van der Waals surface area contributed by atoms with Crippen LogP contribution in [0.15, 0.2) is 18.3 Å². The van der Waals surface area contributed by atoms with Gasteiger partial charge in [0.2, 0.25) is 0 Å². The summed E-state index contributed by atoms with van der Waals surface area (Å²) in [6.45, 7) is 2.68. The minimum atomic E-state index is 0.486. The van der Waals surface area contributed by atoms with E-state index in [1.54, 1.807) is 0 Å². The maximum atomic E-state index is 8.94. The number of aryl methyl sites for hydroxylation is 1. The van der Waals surface area contributed by atoms with Crippen molar-refractivity contribution in [3.8, 4) is 6.07 Å². The molecule has 2 heterocycles. The zero-order valence-electron chi connectivity index (χ0n) is 8.78. The summed E-state index contributed by atoms with van der Waals surface area (Å²) in [6.07, 6.45) is 2.00. The van der Waals surface area contributed by atoms with Gasteiger partial charge >= 0.3 is 0 Å². The molecule has 1 N–H and O–H groups in total. The van der Waals surface area contributed by atoms with E-state index >= 15 is 0 Å². The Morgan fingerprint density at radius 2 is 2.33 bits per heavy atom. The van der Waals surface area contributed by atoms with Crippen LogP contribution in [-0.2, 0) is 6.54 Å². The summed E-state index contributed by atoms with van der Waals surface area (Å²) >= 11 is 0. The molecule has 4 nitrogen and oxygen atoms in total. The van der Waals surface area contributed by atoms with Gasteiger partial charge in [-0.2, -0.15) is 5.26 Å². The van der Waals surface area contributed by atoms with E-state index < -0.39 is 0 Å². The minimum absolute atomic E-state index is 0.486. The van der Waals surface area contributed by atoms with Crippen molar-refractivity contribution in [2.75, 3.05) is 7.05 Å². The monoisotopic (exact) mass is 200 g/mol. The van der Waals surface area contributed by atoms with Gasteiger partial charge in [0.25, 0.3) is 0 Å². The molecule has 0 aromatic carbocycles. The van der Waals surface area contributed by atoms with Crippen molar-refractivity contribution in [2.24, 2.45) is 0 Å². The number of aromatic nitrogens is 2. The number of pyridine rings is 1. The van der Waals surface area contributed by atoms with Gasteiger partial charge in [-0.3, -0.25) is 0 Å². The first-order valence-corrected chi connectivity index (χ1v) is 4.78. The summed E-state index contributed by atoms with van der Waals surface area (Å²) < 4.78 is 1.96. The van der Waals surface area contributed by atoms with Crippen LogP contribution in [0.25, 0.3) is 5.52 Å². The van der Waals surface area contributed by atoms with Crippen molar-refractivity contribution in [3.05, 3.63) is 35.4 Å². The quantitative estimate of drug-likeness (QED) is 0.793. The Bertz CT molecular complexity index is 533. The highest BCUT2D eigenvalue weighted by Gasteiger charge is 2.09. The fraction of sp³-hybridized carbons (Fsp3) is 0.273. The van der Waals surface area contributed by atoms with E-state index in [-0.39, 0.29) is 0 Å². The topological polar surface area (TPSA) is 53.1 Å². The number of imidazole rings is 1. The lowest BCUT2D eigenvalue weighted by Crippen LogP contribution is -2.08. The number of hydrogen-bond acceptors (Lipinski definition) is 3. The minimum Gasteiger partial charge on any atom is -0.313 e. The van der Waals surface area contributed by atoms with Crippen LogP contribution in [0.3, 0.4) is 0 Å². The predicted octanol–water partition coefficient (Wildman–Crippen LogP) is 1.23. The van der Waals surface area contributed by atoms with Crippen LogP contribution in [0.2, 0.25) is 0 Å². The van der Waals surface area contributed by atoms with Gasteiger partial charge in [-0.25, -0.2) is 4.98 Å². The average molecular weight is 200 g/mol. The molecule has 0 spiro atoms. The van der Waals surface area contributed by atoms with Crippen LogP contribution < -0.4 is 5.32 Å². The molecule has 2 rings (SSSR count). The Kier molecular flexibility index (Phi) is 2.40. The van der Waals surface area contributed by atoms with E-state index in [1.165, 1.54) is 0 Å². The molecule has 0 radical (unpaired) electrons. The van der Waals surface area contributed by atoms with E-state index in [4.69, 9.17) is 5.26 Å². The molecule has 0 aliphatic carbocycles. The first kappa shape index (κ1) is 9.69. The van der Waals surface area contributed by atoms with Gasteiger partial charge in [-0.1, -0.05) is 6.07 Å². The fourth-order valence-electron chi connectivity index (χ4n) is 1.62. The van der Waals surface area contributed by atoms with E-state index in [0.717, 1.165) is 16.9 Å². The van der Waals surface area contributed by atoms with Gasteiger partial charge in [0.1, 0.15) is 11.9 Å². The Morgan fingerprint density at radius 3 is 3.00 bits per heavy atom. The molecule has 2 aromatic heterocycles. The Balaban J connectivity index is 2.71. The van der Waals surface area contributed by atoms with Gasteiger partial charge in [-0.05, 0) is 25.6 Å². The van der Waals surface area contributed by atoms with Crippen molar-refractivity contribution in [2.45, 2.75) is 13.5 Å². The highest BCUT2D eigenvalue weighted by atomic mass is 15.1. The molecule has 0 saturated heterocycles. The molecule has 76 valence electrons. The largest absolute Gasteiger partial charge is 0.313 e. The first-order valence-electron chi connectivity index (χ1n) is 4.78. The fourth-order valence-corrected chi connectivity index (χ4v) is 1.62. The number of rotatable bonds is 2. The lowest BCUT2D eigenvalue weighted by atomic mass is 10.3. The number of nitriles is 1. The molecule has 0 bridgehead atoms. The number of hydrogen-bond donors (Lipinski definition) is 1. The smallest absolute Gasteiger partial charge is 0.166 e. The van der Waals surface area contributed by atoms with Crippen molar-refractivity contribution in [3.63, 3.8) is 0 Å². The number of nitrogens with one attached hydrogen (secondary N) is 1. The highest BCUT2D eigenvalue weighted by molar-refractivity contribution is 5.59. The van der Waals surface area contributed by atoms with Crippen molar-refractivity contribution in [1.29, 1.82) is 5.26 Å². The molecule has 4 heteroatoms. The Labute approximate surface area is 88.2 Å². The molecule has 0 aliphatic rings. The second-order valence-electron chi connectivity index (χ2n) is 3.48. The van der Waals surface area contributed by atoms with Crippen LogP contribution in [0.5, 0.6) is 0 Å². The van der Waals surface area contributed by atoms with Crippen LogP contribution in [0.4, 0.5) is 0 Å². The second-order valence-corrected chi connectivity index (χ2v) is 3.48. The molecule has 0 saturated carbocycles. The van der Waals surface area contributed by atoms with Gasteiger partial charge < -0.3 is 9.72 Å². The second kappa shape index (κ2) is 3.71. The SMILES string of the molecule is CNCc1nc(C#N)c2ccc(C)cn12.